The summed E-state index contributed by atoms with van der Waals surface area (Å²) in [5, 5.41) is 12.5. The quantitative estimate of drug-likeness (QED) is 0.348. The number of carbonyl (C=O) groups is 3. The number of rotatable bonds is 10. The van der Waals surface area contributed by atoms with E-state index in [-0.39, 0.29) is 36.4 Å². The predicted molar refractivity (Wildman–Crippen MR) is 160 cm³/mol. The van der Waals surface area contributed by atoms with E-state index in [9.17, 15) is 23.5 Å². The number of aromatic nitrogens is 1. The molecule has 2 fully saturated rings. The molecule has 2 saturated heterocycles. The third kappa shape index (κ3) is 7.42. The van der Waals surface area contributed by atoms with Gasteiger partial charge >= 0.3 is 0 Å². The summed E-state index contributed by atoms with van der Waals surface area (Å²) in [4.78, 5) is 48.8. The van der Waals surface area contributed by atoms with E-state index in [0.29, 0.717) is 65.3 Å². The van der Waals surface area contributed by atoms with Gasteiger partial charge in [0.25, 0.3) is 11.8 Å². The number of nitriles is 1. The second-order valence-corrected chi connectivity index (χ2v) is 11.2. The van der Waals surface area contributed by atoms with Crippen LogP contribution in [-0.2, 0) is 4.79 Å². The van der Waals surface area contributed by atoms with Crippen LogP contribution < -0.4 is 10.1 Å². The zero-order valence-corrected chi connectivity index (χ0v) is 24.5. The van der Waals surface area contributed by atoms with Gasteiger partial charge in [0.15, 0.2) is 0 Å². The van der Waals surface area contributed by atoms with Gasteiger partial charge in [0, 0.05) is 61.3 Å². The molecule has 3 amide bonds. The van der Waals surface area contributed by atoms with E-state index in [1.165, 1.54) is 4.90 Å². The van der Waals surface area contributed by atoms with Crippen molar-refractivity contribution in [1.29, 1.82) is 5.26 Å². The number of amides is 3. The highest BCUT2D eigenvalue weighted by Gasteiger charge is 2.28. The lowest BCUT2D eigenvalue weighted by atomic mass is 10.1. The standard InChI is InChI=1S/C31H33FN6O4S/c32-43-25-7-4-22(5-8-25)31(41)37-16-14-36(15-17-37)12-2-18-42-24-6-9-28-27(19-24)26(10-11-34-28)30(40)35-21-29(39)38-13-1-3-23(38)20-33/h4-11,19,23H,1-3,12-18,21H2,(H,35,40). The Balaban J connectivity index is 1.08. The number of carbonyl (C=O) groups excluding carboxylic acids is 3. The van der Waals surface area contributed by atoms with Gasteiger partial charge in [0.05, 0.1) is 42.4 Å². The molecule has 1 N–H and O–H groups in total. The lowest BCUT2D eigenvalue weighted by molar-refractivity contribution is -0.130. The largest absolute Gasteiger partial charge is 0.494 e. The van der Waals surface area contributed by atoms with Crippen LogP contribution in [0.4, 0.5) is 3.89 Å². The van der Waals surface area contributed by atoms with Crippen molar-refractivity contribution >= 4 is 40.8 Å². The summed E-state index contributed by atoms with van der Waals surface area (Å²) in [5.41, 5.74) is 1.60. The first-order valence-corrected chi connectivity index (χ1v) is 15.1. The fourth-order valence-electron chi connectivity index (χ4n) is 5.45. The monoisotopic (exact) mass is 604 g/mol. The Bertz CT molecular complexity index is 1510. The minimum atomic E-state index is -0.433. The molecule has 43 heavy (non-hydrogen) atoms. The lowest BCUT2D eigenvalue weighted by Gasteiger charge is -2.34. The molecule has 5 rings (SSSR count). The van der Waals surface area contributed by atoms with E-state index in [1.807, 2.05) is 11.0 Å². The highest BCUT2D eigenvalue weighted by molar-refractivity contribution is 7.94. The van der Waals surface area contributed by atoms with Gasteiger partial charge in [-0.2, -0.15) is 9.15 Å². The van der Waals surface area contributed by atoms with Gasteiger partial charge in [-0.15, -0.1) is 0 Å². The number of likely N-dealkylation sites (tertiary alicyclic amines) is 1. The Morgan fingerprint density at radius 3 is 2.60 bits per heavy atom. The molecule has 1 unspecified atom stereocenters. The molecule has 1 aromatic heterocycles. The van der Waals surface area contributed by atoms with Crippen LogP contribution in [0.25, 0.3) is 10.9 Å². The number of nitrogens with zero attached hydrogens (tertiary/aromatic N) is 5. The van der Waals surface area contributed by atoms with E-state index < -0.39 is 6.04 Å². The maximum absolute atomic E-state index is 13.0. The summed E-state index contributed by atoms with van der Waals surface area (Å²) in [6.07, 6.45) is 3.79. The maximum Gasteiger partial charge on any atom is 0.253 e. The van der Waals surface area contributed by atoms with Crippen LogP contribution in [0.2, 0.25) is 0 Å². The predicted octanol–water partition coefficient (Wildman–Crippen LogP) is 3.68. The van der Waals surface area contributed by atoms with E-state index in [1.54, 1.807) is 48.7 Å². The molecular weight excluding hydrogens is 571 g/mol. The fourth-order valence-corrected chi connectivity index (χ4v) is 5.69. The van der Waals surface area contributed by atoms with Crippen LogP contribution in [0.15, 0.2) is 59.6 Å². The zero-order valence-electron chi connectivity index (χ0n) is 23.7. The second-order valence-electron chi connectivity index (χ2n) is 10.5. The van der Waals surface area contributed by atoms with Crippen LogP contribution in [-0.4, -0.2) is 95.9 Å². The number of fused-ring (bicyclic) bond motifs is 1. The van der Waals surface area contributed by atoms with Gasteiger partial charge < -0.3 is 19.9 Å². The van der Waals surface area contributed by atoms with Crippen molar-refractivity contribution in [3.8, 4) is 11.8 Å². The number of piperazine rings is 1. The first-order chi connectivity index (χ1) is 21.0. The molecule has 224 valence electrons. The molecule has 3 aromatic rings. The summed E-state index contributed by atoms with van der Waals surface area (Å²) >= 11 is 0.162. The average Bonchev–Trinajstić information content (AvgIpc) is 3.54. The summed E-state index contributed by atoms with van der Waals surface area (Å²) in [7, 11) is 0. The molecule has 0 spiro atoms. The normalized spacial score (nSPS) is 17.1. The van der Waals surface area contributed by atoms with Crippen molar-refractivity contribution in [2.24, 2.45) is 0 Å². The Morgan fingerprint density at radius 1 is 1.07 bits per heavy atom. The molecule has 10 nitrogen and oxygen atoms in total. The van der Waals surface area contributed by atoms with Crippen molar-refractivity contribution in [1.82, 2.24) is 25.0 Å². The molecule has 0 radical (unpaired) electrons. The van der Waals surface area contributed by atoms with E-state index >= 15 is 0 Å². The summed E-state index contributed by atoms with van der Waals surface area (Å²) in [6.45, 7) is 4.45. The van der Waals surface area contributed by atoms with Crippen molar-refractivity contribution in [3.63, 3.8) is 0 Å². The van der Waals surface area contributed by atoms with Crippen LogP contribution >= 0.6 is 12.1 Å². The van der Waals surface area contributed by atoms with Crippen LogP contribution in [0.5, 0.6) is 5.75 Å². The van der Waals surface area contributed by atoms with Gasteiger partial charge in [-0.3, -0.25) is 24.3 Å². The molecule has 2 aliphatic rings. The Kier molecular flexibility index (Phi) is 10.1. The first kappa shape index (κ1) is 30.3. The van der Waals surface area contributed by atoms with Crippen molar-refractivity contribution in [2.75, 3.05) is 52.4 Å². The number of pyridine rings is 1. The average molecular weight is 605 g/mol. The topological polar surface area (TPSA) is 119 Å². The molecule has 3 heterocycles. The smallest absolute Gasteiger partial charge is 0.253 e. The maximum atomic E-state index is 13.0. The fraction of sp³-hybridized carbons (Fsp3) is 0.387. The SMILES string of the molecule is N#CC1CCCN1C(=O)CNC(=O)c1ccnc2ccc(OCCCN3CCN(C(=O)c4ccc(SF)cc4)CC3)cc12. The van der Waals surface area contributed by atoms with Gasteiger partial charge in [-0.05, 0) is 67.8 Å². The van der Waals surface area contributed by atoms with Gasteiger partial charge in [0.2, 0.25) is 5.91 Å². The second kappa shape index (κ2) is 14.3. The summed E-state index contributed by atoms with van der Waals surface area (Å²) < 4.78 is 18.7. The van der Waals surface area contributed by atoms with E-state index in [4.69, 9.17) is 4.74 Å². The van der Waals surface area contributed by atoms with Crippen molar-refractivity contribution in [2.45, 2.75) is 30.2 Å². The number of hydrogen-bond donors (Lipinski definition) is 1. The number of nitrogens with one attached hydrogen (secondary N) is 1. The van der Waals surface area contributed by atoms with Gasteiger partial charge in [0.1, 0.15) is 11.8 Å². The Hall–Kier alpha value is -4.21. The molecule has 0 bridgehead atoms. The minimum Gasteiger partial charge on any atom is -0.494 e. The summed E-state index contributed by atoms with van der Waals surface area (Å²) in [6, 6.07) is 15.3. The van der Waals surface area contributed by atoms with Crippen molar-refractivity contribution < 1.29 is 23.0 Å². The number of hydrogen-bond acceptors (Lipinski definition) is 8. The molecule has 12 heteroatoms. The molecule has 2 aromatic carbocycles. The van der Waals surface area contributed by atoms with Crippen molar-refractivity contribution in [3.05, 3.63) is 65.9 Å². The molecule has 1 atom stereocenters. The first-order valence-electron chi connectivity index (χ1n) is 14.4. The number of halogens is 1. The lowest BCUT2D eigenvalue weighted by Crippen LogP contribution is -2.49. The number of benzene rings is 2. The minimum absolute atomic E-state index is 0.0388. The molecule has 0 saturated carbocycles. The molecular formula is C31H33FN6O4S. The van der Waals surface area contributed by atoms with E-state index in [2.05, 4.69) is 21.3 Å². The Morgan fingerprint density at radius 2 is 1.86 bits per heavy atom. The van der Waals surface area contributed by atoms with Gasteiger partial charge in [-0.1, -0.05) is 0 Å². The summed E-state index contributed by atoms with van der Waals surface area (Å²) in [5.74, 6) is -0.0780. The highest BCUT2D eigenvalue weighted by Crippen LogP contribution is 2.24. The Labute approximate surface area is 254 Å². The van der Waals surface area contributed by atoms with E-state index in [0.717, 1.165) is 32.5 Å². The van der Waals surface area contributed by atoms with Crippen LogP contribution in [0.3, 0.4) is 0 Å². The third-order valence-electron chi connectivity index (χ3n) is 7.82. The highest BCUT2D eigenvalue weighted by atomic mass is 32.2. The van der Waals surface area contributed by atoms with Crippen LogP contribution in [0, 0.1) is 11.3 Å². The molecule has 2 aliphatic heterocycles. The number of ether oxygens (including phenoxy) is 1. The van der Waals surface area contributed by atoms with Crippen LogP contribution in [0.1, 0.15) is 40.0 Å². The van der Waals surface area contributed by atoms with Gasteiger partial charge in [-0.25, -0.2) is 0 Å². The third-order valence-corrected chi connectivity index (χ3v) is 8.27. The zero-order chi connectivity index (χ0) is 30.2. The molecule has 0 aliphatic carbocycles.